The van der Waals surface area contributed by atoms with E-state index in [0.717, 1.165) is 0 Å². The zero-order chi connectivity index (χ0) is 11.7. The second-order valence-corrected chi connectivity index (χ2v) is 7.23. The van der Waals surface area contributed by atoms with Gasteiger partial charge in [0.05, 0.1) is 6.04 Å². The first-order valence-corrected chi connectivity index (χ1v) is 8.68. The SMILES string of the molecule is CNC(c1ccsc1)c1cc2c(s1)CCSC2. The second kappa shape index (κ2) is 5.14. The number of thioether (sulfide) groups is 1. The maximum atomic E-state index is 3.44. The van der Waals surface area contributed by atoms with Crippen LogP contribution in [-0.4, -0.2) is 12.8 Å². The molecule has 0 radical (unpaired) electrons. The van der Waals surface area contributed by atoms with Crippen molar-refractivity contribution in [3.8, 4) is 0 Å². The van der Waals surface area contributed by atoms with Gasteiger partial charge in [0.2, 0.25) is 0 Å². The fraction of sp³-hybridized carbons (Fsp3) is 0.385. The van der Waals surface area contributed by atoms with Crippen molar-refractivity contribution in [2.45, 2.75) is 18.2 Å². The second-order valence-electron chi connectivity index (χ2n) is 4.18. The van der Waals surface area contributed by atoms with E-state index in [1.807, 2.05) is 11.3 Å². The summed E-state index contributed by atoms with van der Waals surface area (Å²) in [5.41, 5.74) is 2.96. The highest BCUT2D eigenvalue weighted by molar-refractivity contribution is 7.98. The number of nitrogens with one attached hydrogen (secondary N) is 1. The van der Waals surface area contributed by atoms with Crippen LogP contribution in [0.2, 0.25) is 0 Å². The van der Waals surface area contributed by atoms with E-state index in [4.69, 9.17) is 0 Å². The number of hydrogen-bond donors (Lipinski definition) is 1. The lowest BCUT2D eigenvalue weighted by atomic mass is 10.1. The molecule has 0 aromatic carbocycles. The highest BCUT2D eigenvalue weighted by atomic mass is 32.2. The molecule has 4 heteroatoms. The fourth-order valence-corrected chi connectivity index (χ4v) is 5.43. The van der Waals surface area contributed by atoms with Crippen molar-refractivity contribution in [3.05, 3.63) is 43.8 Å². The lowest BCUT2D eigenvalue weighted by Gasteiger charge is -2.12. The Kier molecular flexibility index (Phi) is 3.56. The van der Waals surface area contributed by atoms with Crippen molar-refractivity contribution in [2.24, 2.45) is 0 Å². The van der Waals surface area contributed by atoms with E-state index in [1.165, 1.54) is 28.4 Å². The quantitative estimate of drug-likeness (QED) is 0.915. The predicted octanol–water partition coefficient (Wildman–Crippen LogP) is 3.91. The van der Waals surface area contributed by atoms with Crippen LogP contribution in [0, 0.1) is 0 Å². The Labute approximate surface area is 114 Å². The zero-order valence-electron chi connectivity index (χ0n) is 9.73. The molecule has 1 unspecified atom stereocenters. The van der Waals surface area contributed by atoms with E-state index in [9.17, 15) is 0 Å². The molecule has 0 aliphatic carbocycles. The Morgan fingerprint density at radius 3 is 3.06 bits per heavy atom. The molecule has 1 nitrogen and oxygen atoms in total. The molecule has 1 N–H and O–H groups in total. The van der Waals surface area contributed by atoms with Crippen LogP contribution < -0.4 is 5.32 Å². The summed E-state index contributed by atoms with van der Waals surface area (Å²) in [6.45, 7) is 0. The minimum atomic E-state index is 0.377. The molecule has 3 heterocycles. The van der Waals surface area contributed by atoms with Crippen molar-refractivity contribution >= 4 is 34.4 Å². The van der Waals surface area contributed by atoms with Crippen LogP contribution in [0.3, 0.4) is 0 Å². The summed E-state index contributed by atoms with van der Waals surface area (Å²) >= 11 is 5.82. The third-order valence-corrected chi connectivity index (χ3v) is 6.11. The van der Waals surface area contributed by atoms with E-state index in [2.05, 4.69) is 47.0 Å². The summed E-state index contributed by atoms with van der Waals surface area (Å²) in [5.74, 6) is 2.49. The van der Waals surface area contributed by atoms with Crippen molar-refractivity contribution in [1.82, 2.24) is 5.32 Å². The van der Waals surface area contributed by atoms with Crippen LogP contribution in [0.25, 0.3) is 0 Å². The van der Waals surface area contributed by atoms with Gasteiger partial charge in [-0.2, -0.15) is 23.1 Å². The van der Waals surface area contributed by atoms with Gasteiger partial charge in [0.25, 0.3) is 0 Å². The van der Waals surface area contributed by atoms with Crippen LogP contribution in [0.5, 0.6) is 0 Å². The third kappa shape index (κ3) is 2.32. The monoisotopic (exact) mass is 281 g/mol. The van der Waals surface area contributed by atoms with E-state index in [-0.39, 0.29) is 0 Å². The van der Waals surface area contributed by atoms with Crippen molar-refractivity contribution in [1.29, 1.82) is 0 Å². The van der Waals surface area contributed by atoms with Crippen LogP contribution >= 0.6 is 34.4 Å². The molecule has 0 saturated carbocycles. The first-order chi connectivity index (χ1) is 8.38. The number of hydrogen-bond acceptors (Lipinski definition) is 4. The average molecular weight is 281 g/mol. The number of fused-ring (bicyclic) bond motifs is 1. The van der Waals surface area contributed by atoms with E-state index in [0.29, 0.717) is 6.04 Å². The molecular formula is C13H15NS3. The van der Waals surface area contributed by atoms with Crippen LogP contribution in [0.15, 0.2) is 22.9 Å². The number of aryl methyl sites for hydroxylation is 1. The van der Waals surface area contributed by atoms with Crippen molar-refractivity contribution in [3.63, 3.8) is 0 Å². The minimum absolute atomic E-state index is 0.377. The highest BCUT2D eigenvalue weighted by Crippen LogP contribution is 2.36. The topological polar surface area (TPSA) is 12.0 Å². The van der Waals surface area contributed by atoms with Crippen molar-refractivity contribution < 1.29 is 0 Å². The van der Waals surface area contributed by atoms with Gasteiger partial charge >= 0.3 is 0 Å². The van der Waals surface area contributed by atoms with E-state index >= 15 is 0 Å². The van der Waals surface area contributed by atoms with E-state index in [1.54, 1.807) is 21.8 Å². The Hall–Kier alpha value is -0.290. The predicted molar refractivity (Wildman–Crippen MR) is 79.4 cm³/mol. The van der Waals surface area contributed by atoms with Crippen molar-refractivity contribution in [2.75, 3.05) is 12.8 Å². The maximum absolute atomic E-state index is 3.44. The molecule has 0 spiro atoms. The first kappa shape index (κ1) is 11.8. The maximum Gasteiger partial charge on any atom is 0.0676 e. The Morgan fingerprint density at radius 1 is 1.41 bits per heavy atom. The van der Waals surface area contributed by atoms with Gasteiger partial charge in [-0.3, -0.25) is 0 Å². The van der Waals surface area contributed by atoms with Crippen LogP contribution in [0.1, 0.15) is 26.9 Å². The molecular weight excluding hydrogens is 266 g/mol. The molecule has 0 fully saturated rings. The minimum Gasteiger partial charge on any atom is -0.309 e. The van der Waals surface area contributed by atoms with Crippen LogP contribution in [-0.2, 0) is 12.2 Å². The summed E-state index contributed by atoms with van der Waals surface area (Å²) < 4.78 is 0. The third-order valence-electron chi connectivity index (χ3n) is 3.10. The average Bonchev–Trinajstić information content (AvgIpc) is 2.98. The summed E-state index contributed by atoms with van der Waals surface area (Å²) in [7, 11) is 2.05. The first-order valence-electron chi connectivity index (χ1n) is 5.77. The van der Waals surface area contributed by atoms with Gasteiger partial charge in [-0.1, -0.05) is 0 Å². The number of thiophene rings is 2. The Balaban J connectivity index is 1.94. The standard InChI is InChI=1S/C13H15NS3/c1-14-13(9-2-4-15-7-9)12-6-10-8-16-5-3-11(10)17-12/h2,4,6-7,13-14H,3,5,8H2,1H3. The zero-order valence-corrected chi connectivity index (χ0v) is 12.2. The normalized spacial score (nSPS) is 16.8. The van der Waals surface area contributed by atoms with Gasteiger partial charge < -0.3 is 5.32 Å². The van der Waals surface area contributed by atoms with Gasteiger partial charge in [-0.25, -0.2) is 0 Å². The lowest BCUT2D eigenvalue weighted by Crippen LogP contribution is -2.15. The molecule has 0 saturated heterocycles. The smallest absolute Gasteiger partial charge is 0.0676 e. The number of rotatable bonds is 3. The molecule has 0 amide bonds. The van der Waals surface area contributed by atoms with E-state index < -0.39 is 0 Å². The molecule has 1 aliphatic rings. The molecule has 2 aromatic rings. The van der Waals surface area contributed by atoms with Gasteiger partial charge in [0.1, 0.15) is 0 Å². The summed E-state index contributed by atoms with van der Waals surface area (Å²) in [5, 5.41) is 7.84. The summed E-state index contributed by atoms with van der Waals surface area (Å²) in [6.07, 6.45) is 1.25. The summed E-state index contributed by atoms with van der Waals surface area (Å²) in [6, 6.07) is 5.01. The van der Waals surface area contributed by atoms with Gasteiger partial charge in [-0.15, -0.1) is 11.3 Å². The fourth-order valence-electron chi connectivity index (χ4n) is 2.22. The Morgan fingerprint density at radius 2 is 2.35 bits per heavy atom. The lowest BCUT2D eigenvalue weighted by molar-refractivity contribution is 0.706. The molecule has 1 atom stereocenters. The molecule has 3 rings (SSSR count). The molecule has 1 aliphatic heterocycles. The van der Waals surface area contributed by atoms with Gasteiger partial charge in [-0.05, 0) is 53.2 Å². The summed E-state index contributed by atoms with van der Waals surface area (Å²) in [4.78, 5) is 3.08. The Bertz CT molecular complexity index is 463. The van der Waals surface area contributed by atoms with Gasteiger partial charge in [0, 0.05) is 15.5 Å². The molecule has 90 valence electrons. The molecule has 17 heavy (non-hydrogen) atoms. The van der Waals surface area contributed by atoms with Crippen LogP contribution in [0.4, 0.5) is 0 Å². The largest absolute Gasteiger partial charge is 0.309 e. The molecule has 0 bridgehead atoms. The molecule has 2 aromatic heterocycles. The van der Waals surface area contributed by atoms with Gasteiger partial charge in [0.15, 0.2) is 0 Å². The highest BCUT2D eigenvalue weighted by Gasteiger charge is 2.19.